The third kappa shape index (κ3) is 1.95. The third-order valence-corrected chi connectivity index (χ3v) is 3.06. The molecule has 0 saturated carbocycles. The average Bonchev–Trinajstić information content (AvgIpc) is 2.93. The van der Waals surface area contributed by atoms with Crippen LogP contribution >= 0.6 is 0 Å². The van der Waals surface area contributed by atoms with Crippen molar-refractivity contribution in [2.45, 2.75) is 13.8 Å². The van der Waals surface area contributed by atoms with E-state index in [1.165, 1.54) is 16.8 Å². The summed E-state index contributed by atoms with van der Waals surface area (Å²) in [6.07, 6.45) is 0. The number of H-pyrrole nitrogens is 1. The van der Waals surface area contributed by atoms with E-state index in [2.05, 4.69) is 15.3 Å². The molecule has 0 aliphatic carbocycles. The van der Waals surface area contributed by atoms with Gasteiger partial charge in [0, 0.05) is 0 Å². The van der Waals surface area contributed by atoms with Crippen LogP contribution in [0, 0.1) is 19.7 Å². The minimum Gasteiger partial charge on any atom is -0.493 e. The van der Waals surface area contributed by atoms with Crippen molar-refractivity contribution < 1.29 is 9.50 Å². The highest BCUT2D eigenvalue weighted by Crippen LogP contribution is 2.33. The number of aromatic amines is 1. The van der Waals surface area contributed by atoms with Crippen molar-refractivity contribution >= 4 is 0 Å². The van der Waals surface area contributed by atoms with Crippen molar-refractivity contribution in [1.29, 1.82) is 0 Å². The molecule has 1 aromatic carbocycles. The summed E-state index contributed by atoms with van der Waals surface area (Å²) in [5.41, 5.74) is 3.16. The van der Waals surface area contributed by atoms with Crippen LogP contribution in [0.25, 0.3) is 16.9 Å². The molecule has 2 heterocycles. The Balaban J connectivity index is 2.16. The Hall–Kier alpha value is -2.63. The fraction of sp³-hybridized carbons (Fsp3) is 0.143. The lowest BCUT2D eigenvalue weighted by Gasteiger charge is -2.03. The molecule has 2 N–H and O–H groups in total. The zero-order valence-corrected chi connectivity index (χ0v) is 11.1. The lowest BCUT2D eigenvalue weighted by Crippen LogP contribution is -1.96. The number of benzene rings is 1. The first-order chi connectivity index (χ1) is 9.56. The van der Waals surface area contributed by atoms with Gasteiger partial charge in [-0.05, 0) is 38.1 Å². The first-order valence-electron chi connectivity index (χ1n) is 6.13. The number of aromatic hydroxyl groups is 1. The summed E-state index contributed by atoms with van der Waals surface area (Å²) < 4.78 is 14.6. The van der Waals surface area contributed by atoms with Crippen molar-refractivity contribution in [3.05, 3.63) is 47.5 Å². The molecule has 0 aliphatic rings. The van der Waals surface area contributed by atoms with Gasteiger partial charge in [-0.1, -0.05) is 6.07 Å². The predicted molar refractivity (Wildman–Crippen MR) is 72.2 cm³/mol. The van der Waals surface area contributed by atoms with Crippen LogP contribution in [-0.4, -0.2) is 25.1 Å². The largest absolute Gasteiger partial charge is 0.493 e. The first-order valence-corrected chi connectivity index (χ1v) is 6.13. The number of aryl methyl sites for hydroxylation is 2. The van der Waals surface area contributed by atoms with Crippen molar-refractivity contribution in [2.75, 3.05) is 0 Å². The lowest BCUT2D eigenvalue weighted by molar-refractivity contribution is 0.435. The fourth-order valence-corrected chi connectivity index (χ4v) is 2.17. The van der Waals surface area contributed by atoms with Gasteiger partial charge in [0.1, 0.15) is 5.82 Å². The second-order valence-corrected chi connectivity index (χ2v) is 4.60. The molecule has 20 heavy (non-hydrogen) atoms. The topological polar surface area (TPSA) is 66.7 Å². The fourth-order valence-electron chi connectivity index (χ4n) is 2.17. The molecular formula is C14H13FN4O. The normalized spacial score (nSPS) is 10.9. The van der Waals surface area contributed by atoms with Gasteiger partial charge in [-0.3, -0.25) is 5.10 Å². The van der Waals surface area contributed by atoms with Crippen LogP contribution in [0.3, 0.4) is 0 Å². The molecule has 0 radical (unpaired) electrons. The number of hydrogen-bond donors (Lipinski definition) is 2. The number of halogens is 1. The van der Waals surface area contributed by atoms with E-state index in [4.69, 9.17) is 0 Å². The second kappa shape index (κ2) is 4.48. The highest BCUT2D eigenvalue weighted by atomic mass is 19.1. The van der Waals surface area contributed by atoms with E-state index >= 15 is 0 Å². The predicted octanol–water partition coefficient (Wildman–Crippen LogP) is 2.72. The van der Waals surface area contributed by atoms with Gasteiger partial charge < -0.3 is 5.11 Å². The molecule has 0 amide bonds. The van der Waals surface area contributed by atoms with Crippen molar-refractivity contribution in [3.63, 3.8) is 0 Å². The zero-order valence-electron chi connectivity index (χ0n) is 11.1. The summed E-state index contributed by atoms with van der Waals surface area (Å²) >= 11 is 0. The van der Waals surface area contributed by atoms with Crippen molar-refractivity contribution in [2.24, 2.45) is 0 Å². The first kappa shape index (κ1) is 12.4. The maximum atomic E-state index is 13.3. The van der Waals surface area contributed by atoms with E-state index in [0.717, 1.165) is 5.69 Å². The van der Waals surface area contributed by atoms with E-state index in [9.17, 15) is 9.50 Å². The molecule has 6 heteroatoms. The maximum Gasteiger partial charge on any atom is 0.224 e. The summed E-state index contributed by atoms with van der Waals surface area (Å²) in [6, 6.07) is 7.72. The van der Waals surface area contributed by atoms with E-state index in [-0.39, 0.29) is 11.7 Å². The van der Waals surface area contributed by atoms with Gasteiger partial charge in [-0.2, -0.15) is 10.2 Å². The van der Waals surface area contributed by atoms with Crippen LogP contribution in [0.1, 0.15) is 11.4 Å². The van der Waals surface area contributed by atoms with Crippen LogP contribution in [0.2, 0.25) is 0 Å². The lowest BCUT2D eigenvalue weighted by atomic mass is 10.2. The van der Waals surface area contributed by atoms with E-state index in [0.29, 0.717) is 22.6 Å². The van der Waals surface area contributed by atoms with Gasteiger partial charge in [-0.15, -0.1) is 0 Å². The molecule has 5 nitrogen and oxygen atoms in total. The molecule has 0 fully saturated rings. The summed E-state index contributed by atoms with van der Waals surface area (Å²) in [5, 5.41) is 21.5. The Kier molecular flexibility index (Phi) is 2.78. The number of rotatable bonds is 2. The Morgan fingerprint density at radius 3 is 2.70 bits per heavy atom. The third-order valence-electron chi connectivity index (χ3n) is 3.06. The quantitative estimate of drug-likeness (QED) is 0.753. The smallest absolute Gasteiger partial charge is 0.224 e. The second-order valence-electron chi connectivity index (χ2n) is 4.60. The van der Waals surface area contributed by atoms with Crippen molar-refractivity contribution in [1.82, 2.24) is 20.0 Å². The van der Waals surface area contributed by atoms with E-state index in [1.54, 1.807) is 19.1 Å². The van der Waals surface area contributed by atoms with Gasteiger partial charge in [0.05, 0.1) is 28.3 Å². The van der Waals surface area contributed by atoms with Gasteiger partial charge in [0.2, 0.25) is 5.88 Å². The Morgan fingerprint density at radius 2 is 2.05 bits per heavy atom. The number of nitrogens with one attached hydrogen (secondary N) is 1. The number of nitrogens with zero attached hydrogens (tertiary/aromatic N) is 3. The summed E-state index contributed by atoms with van der Waals surface area (Å²) in [5.74, 6) is -0.425. The molecule has 2 aromatic heterocycles. The molecule has 0 aliphatic heterocycles. The Bertz CT molecular complexity index is 775. The average molecular weight is 272 g/mol. The molecule has 0 atom stereocenters. The highest BCUT2D eigenvalue weighted by molar-refractivity contribution is 5.69. The Labute approximate surface area is 114 Å². The van der Waals surface area contributed by atoms with Crippen LogP contribution in [0.5, 0.6) is 5.88 Å². The van der Waals surface area contributed by atoms with Gasteiger partial charge >= 0.3 is 0 Å². The number of aromatic nitrogens is 4. The molecule has 0 bridgehead atoms. The van der Waals surface area contributed by atoms with Gasteiger partial charge in [-0.25, -0.2) is 9.07 Å². The molecular weight excluding hydrogens is 259 g/mol. The van der Waals surface area contributed by atoms with Crippen LogP contribution in [0.15, 0.2) is 30.3 Å². The minimum absolute atomic E-state index is 0.0447. The zero-order chi connectivity index (χ0) is 14.3. The maximum absolute atomic E-state index is 13.3. The van der Waals surface area contributed by atoms with Gasteiger partial charge in [0.15, 0.2) is 0 Å². The summed E-state index contributed by atoms with van der Waals surface area (Å²) in [6.45, 7) is 3.63. The van der Waals surface area contributed by atoms with E-state index < -0.39 is 0 Å². The summed E-state index contributed by atoms with van der Waals surface area (Å²) in [7, 11) is 0. The van der Waals surface area contributed by atoms with Crippen LogP contribution in [0.4, 0.5) is 4.39 Å². The molecule has 0 spiro atoms. The summed E-state index contributed by atoms with van der Waals surface area (Å²) in [4.78, 5) is 0. The monoisotopic (exact) mass is 272 g/mol. The minimum atomic E-state index is -0.381. The van der Waals surface area contributed by atoms with E-state index in [1.807, 2.05) is 13.0 Å². The molecule has 0 saturated heterocycles. The number of hydrogen-bond acceptors (Lipinski definition) is 3. The van der Waals surface area contributed by atoms with Crippen LogP contribution < -0.4 is 0 Å². The van der Waals surface area contributed by atoms with Crippen LogP contribution in [-0.2, 0) is 0 Å². The Morgan fingerprint density at radius 1 is 1.25 bits per heavy atom. The standard InChI is InChI=1S/C14H13FN4O/c1-8-6-12(17-16-8)13-9(2)18-19(14(13)20)11-5-3-4-10(15)7-11/h3-7,20H,1-2H3,(H,16,17). The highest BCUT2D eigenvalue weighted by Gasteiger charge is 2.18. The molecule has 3 aromatic rings. The van der Waals surface area contributed by atoms with Crippen molar-refractivity contribution in [3.8, 4) is 22.8 Å². The molecule has 3 rings (SSSR count). The SMILES string of the molecule is Cc1cc(-c2c(C)nn(-c3cccc(F)c3)c2O)[nH]n1. The molecule has 0 unspecified atom stereocenters. The van der Waals surface area contributed by atoms with Gasteiger partial charge in [0.25, 0.3) is 0 Å². The molecule has 102 valence electrons.